The van der Waals surface area contributed by atoms with E-state index in [9.17, 15) is 4.79 Å². The van der Waals surface area contributed by atoms with Gasteiger partial charge in [-0.1, -0.05) is 32.9 Å². The van der Waals surface area contributed by atoms with Gasteiger partial charge in [0.1, 0.15) is 5.76 Å². The number of nitrogens with zero attached hydrogens (tertiary/aromatic N) is 2. The van der Waals surface area contributed by atoms with E-state index in [-0.39, 0.29) is 16.7 Å². The van der Waals surface area contributed by atoms with Crippen molar-refractivity contribution < 1.29 is 9.32 Å². The van der Waals surface area contributed by atoms with Crippen LogP contribution in [-0.2, 0) is 11.3 Å². The maximum atomic E-state index is 11.9. The number of primary amides is 1. The maximum Gasteiger partial charge on any atom is 0.225 e. The second-order valence-corrected chi connectivity index (χ2v) is 7.78. The van der Waals surface area contributed by atoms with Crippen molar-refractivity contribution in [3.8, 4) is 0 Å². The Morgan fingerprint density at radius 1 is 1.57 bits per heavy atom. The highest BCUT2D eigenvalue weighted by Crippen LogP contribution is 2.62. The molecule has 1 amide bonds. The third-order valence-electron chi connectivity index (χ3n) is 5.35. The van der Waals surface area contributed by atoms with E-state index in [0.717, 1.165) is 37.5 Å². The zero-order valence-electron chi connectivity index (χ0n) is 13.3. The van der Waals surface area contributed by atoms with Crippen LogP contribution in [-0.4, -0.2) is 29.1 Å². The van der Waals surface area contributed by atoms with E-state index in [1.54, 1.807) is 0 Å². The highest BCUT2D eigenvalue weighted by atomic mass is 16.5. The summed E-state index contributed by atoms with van der Waals surface area (Å²) < 4.78 is 5.35. The molecular formula is C16H25N3O2. The van der Waals surface area contributed by atoms with Gasteiger partial charge in [0.15, 0.2) is 0 Å². The Labute approximate surface area is 125 Å². The van der Waals surface area contributed by atoms with Crippen LogP contribution < -0.4 is 5.73 Å². The van der Waals surface area contributed by atoms with Gasteiger partial charge in [0, 0.05) is 31.6 Å². The summed E-state index contributed by atoms with van der Waals surface area (Å²) in [5.41, 5.74) is 6.52. The van der Waals surface area contributed by atoms with E-state index >= 15 is 0 Å². The summed E-state index contributed by atoms with van der Waals surface area (Å²) >= 11 is 0. The van der Waals surface area contributed by atoms with Crippen molar-refractivity contribution in [2.45, 2.75) is 46.6 Å². The van der Waals surface area contributed by atoms with Crippen LogP contribution in [0.15, 0.2) is 10.6 Å². The Morgan fingerprint density at radius 2 is 2.29 bits per heavy atom. The fourth-order valence-electron chi connectivity index (χ4n) is 4.35. The van der Waals surface area contributed by atoms with E-state index in [1.807, 2.05) is 6.07 Å². The first-order valence-electron chi connectivity index (χ1n) is 7.72. The minimum absolute atomic E-state index is 0.141. The molecule has 3 rings (SSSR count). The number of hydrogen-bond acceptors (Lipinski definition) is 4. The standard InChI is InChI=1S/C16H25N3O2/c1-10(2)12-5-11(18-21-12)6-19-7-13-15(3,4)8-16(13,9-19)14(17)20/h5,10,13H,6-9H2,1-4H3,(H2,17,20)/t13-,16+/m1/s1. The van der Waals surface area contributed by atoms with Gasteiger partial charge >= 0.3 is 0 Å². The minimum atomic E-state index is -0.325. The molecule has 0 aromatic carbocycles. The lowest BCUT2D eigenvalue weighted by molar-refractivity contribution is -0.148. The summed E-state index contributed by atoms with van der Waals surface area (Å²) in [4.78, 5) is 14.2. The van der Waals surface area contributed by atoms with Crippen molar-refractivity contribution in [1.29, 1.82) is 0 Å². The number of amides is 1. The number of likely N-dealkylation sites (tertiary alicyclic amines) is 1. The molecule has 2 aliphatic rings. The summed E-state index contributed by atoms with van der Waals surface area (Å²) in [6, 6.07) is 2.02. The van der Waals surface area contributed by atoms with Gasteiger partial charge in [-0.05, 0) is 17.8 Å². The van der Waals surface area contributed by atoms with Crippen molar-refractivity contribution in [1.82, 2.24) is 10.1 Å². The third kappa shape index (κ3) is 2.18. The van der Waals surface area contributed by atoms with Crippen LogP contribution >= 0.6 is 0 Å². The molecule has 2 atom stereocenters. The second-order valence-electron chi connectivity index (χ2n) is 7.78. The Kier molecular flexibility index (Phi) is 3.17. The van der Waals surface area contributed by atoms with Crippen LogP contribution in [0.2, 0.25) is 0 Å². The number of aromatic nitrogens is 1. The molecule has 2 N–H and O–H groups in total. The summed E-state index contributed by atoms with van der Waals surface area (Å²) in [5.74, 6) is 1.48. The van der Waals surface area contributed by atoms with E-state index < -0.39 is 0 Å². The van der Waals surface area contributed by atoms with Gasteiger partial charge in [0.25, 0.3) is 0 Å². The molecule has 1 aromatic heterocycles. The summed E-state index contributed by atoms with van der Waals surface area (Å²) in [6.45, 7) is 11.0. The molecule has 5 nitrogen and oxygen atoms in total. The van der Waals surface area contributed by atoms with Gasteiger partial charge in [-0.2, -0.15) is 0 Å². The van der Waals surface area contributed by atoms with Gasteiger partial charge in [0.05, 0.1) is 11.1 Å². The minimum Gasteiger partial charge on any atom is -0.369 e. The lowest BCUT2D eigenvalue weighted by Crippen LogP contribution is -2.59. The Bertz CT molecular complexity index is 564. The Morgan fingerprint density at radius 3 is 2.76 bits per heavy atom. The lowest BCUT2D eigenvalue weighted by Gasteiger charge is -2.54. The van der Waals surface area contributed by atoms with E-state index in [0.29, 0.717) is 11.8 Å². The van der Waals surface area contributed by atoms with Gasteiger partial charge in [-0.3, -0.25) is 9.69 Å². The van der Waals surface area contributed by atoms with Crippen LogP contribution in [0.1, 0.15) is 51.5 Å². The van der Waals surface area contributed by atoms with E-state index in [1.165, 1.54) is 0 Å². The molecule has 1 saturated carbocycles. The van der Waals surface area contributed by atoms with E-state index in [4.69, 9.17) is 10.3 Å². The van der Waals surface area contributed by atoms with Gasteiger partial charge in [0.2, 0.25) is 5.91 Å². The number of hydrogen-bond donors (Lipinski definition) is 1. The summed E-state index contributed by atoms with van der Waals surface area (Å²) in [5, 5.41) is 4.14. The normalized spacial score (nSPS) is 31.2. The number of rotatable bonds is 4. The molecule has 21 heavy (non-hydrogen) atoms. The number of fused-ring (bicyclic) bond motifs is 1. The number of carbonyl (C=O) groups is 1. The van der Waals surface area contributed by atoms with Gasteiger partial charge in [-0.15, -0.1) is 0 Å². The van der Waals surface area contributed by atoms with Gasteiger partial charge in [-0.25, -0.2) is 0 Å². The van der Waals surface area contributed by atoms with E-state index in [2.05, 4.69) is 37.8 Å². The third-order valence-corrected chi connectivity index (χ3v) is 5.35. The van der Waals surface area contributed by atoms with Gasteiger partial charge < -0.3 is 10.3 Å². The Balaban J connectivity index is 1.72. The molecule has 1 saturated heterocycles. The fourth-order valence-corrected chi connectivity index (χ4v) is 4.35. The first kappa shape index (κ1) is 14.6. The zero-order valence-corrected chi connectivity index (χ0v) is 13.3. The molecule has 1 aromatic rings. The molecule has 0 unspecified atom stereocenters. The van der Waals surface area contributed by atoms with Crippen LogP contribution in [0.4, 0.5) is 0 Å². The first-order valence-corrected chi connectivity index (χ1v) is 7.72. The highest BCUT2D eigenvalue weighted by molar-refractivity contribution is 5.83. The van der Waals surface area contributed by atoms with Crippen LogP contribution in [0.25, 0.3) is 0 Å². The Hall–Kier alpha value is -1.36. The molecule has 2 fully saturated rings. The molecule has 116 valence electrons. The van der Waals surface area contributed by atoms with Crippen LogP contribution in [0.3, 0.4) is 0 Å². The van der Waals surface area contributed by atoms with Crippen LogP contribution in [0.5, 0.6) is 0 Å². The van der Waals surface area contributed by atoms with Crippen molar-refractivity contribution >= 4 is 5.91 Å². The highest BCUT2D eigenvalue weighted by Gasteiger charge is 2.65. The molecule has 1 aliphatic carbocycles. The summed E-state index contributed by atoms with van der Waals surface area (Å²) in [7, 11) is 0. The largest absolute Gasteiger partial charge is 0.369 e. The average Bonchev–Trinajstić information content (AvgIpc) is 2.93. The molecule has 0 bridgehead atoms. The number of carbonyl (C=O) groups excluding carboxylic acids is 1. The lowest BCUT2D eigenvalue weighted by atomic mass is 9.48. The smallest absolute Gasteiger partial charge is 0.225 e. The summed E-state index contributed by atoms with van der Waals surface area (Å²) in [6.07, 6.45) is 0.895. The SMILES string of the molecule is CC(C)c1cc(CN2C[C@@H]3C(C)(C)C[C@]3(C(N)=O)C2)no1. The molecule has 5 heteroatoms. The van der Waals surface area contributed by atoms with Crippen molar-refractivity contribution in [2.75, 3.05) is 13.1 Å². The molecule has 1 aliphatic heterocycles. The first-order chi connectivity index (χ1) is 9.74. The molecule has 2 heterocycles. The molecule has 0 radical (unpaired) electrons. The molecular weight excluding hydrogens is 266 g/mol. The predicted molar refractivity (Wildman–Crippen MR) is 79.4 cm³/mol. The average molecular weight is 291 g/mol. The predicted octanol–water partition coefficient (Wildman–Crippen LogP) is 2.13. The van der Waals surface area contributed by atoms with Crippen LogP contribution in [0, 0.1) is 16.7 Å². The van der Waals surface area contributed by atoms with Crippen molar-refractivity contribution in [3.63, 3.8) is 0 Å². The fraction of sp³-hybridized carbons (Fsp3) is 0.750. The topological polar surface area (TPSA) is 72.4 Å². The van der Waals surface area contributed by atoms with Crippen molar-refractivity contribution in [3.05, 3.63) is 17.5 Å². The second kappa shape index (κ2) is 4.57. The number of nitrogens with two attached hydrogens (primary N) is 1. The zero-order chi connectivity index (χ0) is 15.4. The monoisotopic (exact) mass is 291 g/mol. The maximum absolute atomic E-state index is 11.9. The quantitative estimate of drug-likeness (QED) is 0.922. The molecule has 0 spiro atoms. The van der Waals surface area contributed by atoms with Crippen molar-refractivity contribution in [2.24, 2.45) is 22.5 Å².